The molecule has 0 radical (unpaired) electrons. The smallest absolute Gasteiger partial charge is 0.328 e. The zero-order valence-electron chi connectivity index (χ0n) is 13.7. The summed E-state index contributed by atoms with van der Waals surface area (Å²) < 4.78 is 10.1. The van der Waals surface area contributed by atoms with Gasteiger partial charge in [-0.15, -0.1) is 0 Å². The molecule has 8 heteroatoms. The summed E-state index contributed by atoms with van der Waals surface area (Å²) in [6.45, 7) is 0. The molecule has 0 saturated carbocycles. The number of methoxy groups -OCH3 is 2. The summed E-state index contributed by atoms with van der Waals surface area (Å²) in [5.41, 5.74) is 4.81. The van der Waals surface area contributed by atoms with E-state index in [0.717, 1.165) is 0 Å². The first-order chi connectivity index (χ1) is 12.0. The van der Waals surface area contributed by atoms with Crippen LogP contribution < -0.4 is 25.6 Å². The molecule has 8 nitrogen and oxygen atoms in total. The lowest BCUT2D eigenvalue weighted by molar-refractivity contribution is -0.136. The molecule has 3 amide bonds. The number of hydrogen-bond acceptors (Lipinski definition) is 5. The number of para-hydroxylation sites is 2. The monoisotopic (exact) mass is 343 g/mol. The Bertz CT molecular complexity index is 791. The largest absolute Gasteiger partial charge is 0.497 e. The second-order valence-electron chi connectivity index (χ2n) is 4.79. The highest BCUT2D eigenvalue weighted by Crippen LogP contribution is 2.22. The molecule has 25 heavy (non-hydrogen) atoms. The van der Waals surface area contributed by atoms with Crippen molar-refractivity contribution in [3.8, 4) is 11.5 Å². The van der Waals surface area contributed by atoms with Crippen LogP contribution in [-0.4, -0.2) is 31.9 Å². The Morgan fingerprint density at radius 3 is 2.32 bits per heavy atom. The number of ether oxygens (including phenoxy) is 2. The molecular weight excluding hydrogens is 326 g/mol. The molecule has 0 saturated heterocycles. The third-order valence-corrected chi connectivity index (χ3v) is 3.18. The van der Waals surface area contributed by atoms with Crippen LogP contribution in [0.15, 0.2) is 48.5 Å². The number of anilines is 1. The molecule has 130 valence electrons. The number of amides is 3. The van der Waals surface area contributed by atoms with Gasteiger partial charge in [-0.2, -0.15) is 0 Å². The third-order valence-electron chi connectivity index (χ3n) is 3.18. The zero-order valence-corrected chi connectivity index (χ0v) is 13.7. The SMILES string of the molecule is COc1cccc(C(=O)NNC(=O)C(=O)Nc2ccccc2OC)c1. The Hall–Kier alpha value is -3.55. The van der Waals surface area contributed by atoms with E-state index in [1.165, 1.54) is 20.3 Å². The lowest BCUT2D eigenvalue weighted by atomic mass is 10.2. The van der Waals surface area contributed by atoms with E-state index in [-0.39, 0.29) is 5.56 Å². The van der Waals surface area contributed by atoms with Crippen molar-refractivity contribution in [2.45, 2.75) is 0 Å². The first kappa shape index (κ1) is 17.8. The molecule has 0 heterocycles. The zero-order chi connectivity index (χ0) is 18.2. The number of hydrogen-bond donors (Lipinski definition) is 3. The minimum Gasteiger partial charge on any atom is -0.497 e. The first-order valence-electron chi connectivity index (χ1n) is 7.24. The minimum absolute atomic E-state index is 0.268. The van der Waals surface area contributed by atoms with E-state index in [1.807, 2.05) is 5.43 Å². The average Bonchev–Trinajstić information content (AvgIpc) is 2.66. The van der Waals surface area contributed by atoms with Crippen LogP contribution in [0.25, 0.3) is 0 Å². The van der Waals surface area contributed by atoms with Gasteiger partial charge in [-0.25, -0.2) is 0 Å². The quantitative estimate of drug-likeness (QED) is 0.569. The van der Waals surface area contributed by atoms with Crippen molar-refractivity contribution in [1.82, 2.24) is 10.9 Å². The Morgan fingerprint density at radius 1 is 0.840 bits per heavy atom. The Morgan fingerprint density at radius 2 is 1.60 bits per heavy atom. The van der Waals surface area contributed by atoms with Gasteiger partial charge in [-0.1, -0.05) is 18.2 Å². The lowest BCUT2D eigenvalue weighted by Gasteiger charge is -2.10. The molecule has 0 aromatic heterocycles. The molecule has 2 rings (SSSR count). The first-order valence-corrected chi connectivity index (χ1v) is 7.24. The van der Waals surface area contributed by atoms with E-state index < -0.39 is 17.7 Å². The number of rotatable bonds is 4. The van der Waals surface area contributed by atoms with E-state index in [0.29, 0.717) is 17.2 Å². The van der Waals surface area contributed by atoms with E-state index in [4.69, 9.17) is 9.47 Å². The molecule has 0 bridgehead atoms. The fourth-order valence-corrected chi connectivity index (χ4v) is 1.93. The maximum Gasteiger partial charge on any atom is 0.328 e. The van der Waals surface area contributed by atoms with Crippen LogP contribution in [0.4, 0.5) is 5.69 Å². The van der Waals surface area contributed by atoms with Crippen LogP contribution in [0.3, 0.4) is 0 Å². The van der Waals surface area contributed by atoms with Crippen molar-refractivity contribution in [2.75, 3.05) is 19.5 Å². The summed E-state index contributed by atoms with van der Waals surface area (Å²) in [7, 11) is 2.92. The summed E-state index contributed by atoms with van der Waals surface area (Å²) >= 11 is 0. The summed E-state index contributed by atoms with van der Waals surface area (Å²) in [6, 6.07) is 13.0. The molecule has 0 unspecified atom stereocenters. The molecule has 0 aliphatic rings. The molecule has 0 fully saturated rings. The maximum absolute atomic E-state index is 12.0. The molecular formula is C17H17N3O5. The molecule has 3 N–H and O–H groups in total. The van der Waals surface area contributed by atoms with E-state index in [2.05, 4.69) is 10.7 Å². The van der Waals surface area contributed by atoms with Crippen LogP contribution >= 0.6 is 0 Å². The standard InChI is InChI=1S/C17H17N3O5/c1-24-12-7-5-6-11(10-12)15(21)19-20-17(23)16(22)18-13-8-3-4-9-14(13)25-2/h3-10H,1-2H3,(H,18,22)(H,19,21)(H,20,23). The summed E-state index contributed by atoms with van der Waals surface area (Å²) in [5, 5.41) is 2.40. The van der Waals surface area contributed by atoms with Gasteiger partial charge in [0.1, 0.15) is 11.5 Å². The van der Waals surface area contributed by atoms with E-state index in [9.17, 15) is 14.4 Å². The van der Waals surface area contributed by atoms with Crippen LogP contribution in [-0.2, 0) is 9.59 Å². The Labute approximate surface area is 144 Å². The summed E-state index contributed by atoms with van der Waals surface area (Å²) in [5.74, 6) is -1.66. The van der Waals surface area contributed by atoms with Crippen molar-refractivity contribution in [3.05, 3.63) is 54.1 Å². The number of carbonyl (C=O) groups is 3. The highest BCUT2D eigenvalue weighted by molar-refractivity contribution is 6.39. The van der Waals surface area contributed by atoms with Crippen molar-refractivity contribution < 1.29 is 23.9 Å². The summed E-state index contributed by atoms with van der Waals surface area (Å²) in [4.78, 5) is 35.6. The topological polar surface area (TPSA) is 106 Å². The average molecular weight is 343 g/mol. The second kappa shape index (κ2) is 8.34. The van der Waals surface area contributed by atoms with Crippen molar-refractivity contribution in [2.24, 2.45) is 0 Å². The van der Waals surface area contributed by atoms with E-state index >= 15 is 0 Å². The van der Waals surface area contributed by atoms with Crippen LogP contribution in [0.1, 0.15) is 10.4 Å². The summed E-state index contributed by atoms with van der Waals surface area (Å²) in [6.07, 6.45) is 0. The number of carbonyl (C=O) groups excluding carboxylic acids is 3. The number of nitrogens with one attached hydrogen (secondary N) is 3. The maximum atomic E-state index is 12.0. The van der Waals surface area contributed by atoms with Gasteiger partial charge in [0.25, 0.3) is 5.91 Å². The van der Waals surface area contributed by atoms with Gasteiger partial charge in [0.2, 0.25) is 0 Å². The normalized spacial score (nSPS) is 9.68. The predicted octanol–water partition coefficient (Wildman–Crippen LogP) is 1.10. The second-order valence-corrected chi connectivity index (χ2v) is 4.79. The highest BCUT2D eigenvalue weighted by atomic mass is 16.5. The fraction of sp³-hybridized carbons (Fsp3) is 0.118. The molecule has 0 aliphatic carbocycles. The van der Waals surface area contributed by atoms with Crippen LogP contribution in [0.2, 0.25) is 0 Å². The number of hydrazine groups is 1. The van der Waals surface area contributed by atoms with Gasteiger partial charge in [-0.05, 0) is 30.3 Å². The van der Waals surface area contributed by atoms with Gasteiger partial charge in [0.15, 0.2) is 0 Å². The third kappa shape index (κ3) is 4.71. The van der Waals surface area contributed by atoms with Crippen LogP contribution in [0, 0.1) is 0 Å². The molecule has 2 aromatic carbocycles. The van der Waals surface area contributed by atoms with E-state index in [1.54, 1.807) is 42.5 Å². The van der Waals surface area contributed by atoms with Gasteiger partial charge >= 0.3 is 11.8 Å². The van der Waals surface area contributed by atoms with Crippen LogP contribution in [0.5, 0.6) is 11.5 Å². The highest BCUT2D eigenvalue weighted by Gasteiger charge is 2.17. The van der Waals surface area contributed by atoms with Crippen molar-refractivity contribution in [1.29, 1.82) is 0 Å². The van der Waals surface area contributed by atoms with Crippen molar-refractivity contribution in [3.63, 3.8) is 0 Å². The minimum atomic E-state index is -1.03. The van der Waals surface area contributed by atoms with Gasteiger partial charge in [-0.3, -0.25) is 25.2 Å². The van der Waals surface area contributed by atoms with Gasteiger partial charge in [0.05, 0.1) is 19.9 Å². The van der Waals surface area contributed by atoms with Gasteiger partial charge in [0, 0.05) is 5.56 Å². The fourth-order valence-electron chi connectivity index (χ4n) is 1.93. The Kier molecular flexibility index (Phi) is 5.94. The number of benzene rings is 2. The molecule has 0 atom stereocenters. The molecule has 0 aliphatic heterocycles. The van der Waals surface area contributed by atoms with Gasteiger partial charge < -0.3 is 14.8 Å². The molecule has 2 aromatic rings. The predicted molar refractivity (Wildman–Crippen MR) is 90.2 cm³/mol. The van der Waals surface area contributed by atoms with Crippen molar-refractivity contribution >= 4 is 23.4 Å². The molecule has 0 spiro atoms. The Balaban J connectivity index is 1.92. The lowest BCUT2D eigenvalue weighted by Crippen LogP contribution is -2.46.